The molecule has 0 spiro atoms. The van der Waals surface area contributed by atoms with Gasteiger partial charge in [-0.15, -0.1) is 0 Å². The molecule has 2 aliphatic heterocycles. The van der Waals surface area contributed by atoms with E-state index < -0.39 is 18.7 Å². The van der Waals surface area contributed by atoms with E-state index in [0.717, 1.165) is 128 Å². The minimum Gasteiger partial charge on any atom is -0.457 e. The van der Waals surface area contributed by atoms with E-state index in [1.165, 1.54) is 0 Å². The third-order valence-electron chi connectivity index (χ3n) is 20.3. The normalized spacial score (nSPS) is 11.9. The number of hydrogen-bond acceptors (Lipinski definition) is 12. The van der Waals surface area contributed by atoms with Gasteiger partial charge in [0.25, 0.3) is 6.71 Å². The van der Waals surface area contributed by atoms with E-state index >= 15 is 0 Å². The fraction of sp³-hybridized carbons (Fsp3) is 0.0211. The molecule has 0 radical (unpaired) electrons. The van der Waals surface area contributed by atoms with Gasteiger partial charge in [0.2, 0.25) is 0 Å². The highest BCUT2D eigenvalue weighted by Gasteiger charge is 2.44. The highest BCUT2D eigenvalue weighted by molar-refractivity contribution is 7.00. The molecule has 0 atom stereocenters. The molecule has 14 nitrogen and oxygen atoms in total. The molecule has 0 fully saturated rings. The molecule has 0 amide bonds. The van der Waals surface area contributed by atoms with Gasteiger partial charge in [0.1, 0.15) is 13.2 Å². The second-order valence-corrected chi connectivity index (χ2v) is 27.1. The molecule has 518 valence electrons. The van der Waals surface area contributed by atoms with Crippen molar-refractivity contribution >= 4 is 96.7 Å². The zero-order chi connectivity index (χ0) is 73.6. The first kappa shape index (κ1) is 65.7. The van der Waals surface area contributed by atoms with Crippen molar-refractivity contribution in [2.75, 3.05) is 9.80 Å². The maximum Gasteiger partial charge on any atom is 0.338 e. The van der Waals surface area contributed by atoms with Gasteiger partial charge in [0.05, 0.1) is 34.4 Å². The van der Waals surface area contributed by atoms with Crippen LogP contribution in [0.3, 0.4) is 0 Å². The van der Waals surface area contributed by atoms with Gasteiger partial charge in [-0.2, -0.15) is 0 Å². The number of ether oxygens (including phenoxy) is 2. The molecular formula is C95H61BN10O4. The molecule has 0 saturated heterocycles. The van der Waals surface area contributed by atoms with Gasteiger partial charge in [-0.25, -0.2) is 44.3 Å². The Bertz CT molecular complexity index is 6190. The fourth-order valence-electron chi connectivity index (χ4n) is 15.2. The largest absolute Gasteiger partial charge is 0.457 e. The van der Waals surface area contributed by atoms with Crippen LogP contribution in [0.2, 0.25) is 0 Å². The number of carbonyl (C=O) groups is 2. The first-order chi connectivity index (χ1) is 54.3. The van der Waals surface area contributed by atoms with E-state index in [-0.39, 0.29) is 13.2 Å². The molecule has 17 aromatic rings. The van der Waals surface area contributed by atoms with Crippen molar-refractivity contribution in [3.05, 3.63) is 379 Å². The number of esters is 2. The summed E-state index contributed by atoms with van der Waals surface area (Å²) >= 11 is 0. The standard InChI is InChI=1S/C95H61BN10O4/c1-97-72-46-51-82(77(58-72)93-102-90(65-34-18-6-19-35-65)99-91(103-93)66-36-20-7-21-37-66)106-80-49-44-67(52-75(80)76-53-68(45-50-81(76)106)92-100-88(63-30-14-4-15-31-63)98-89(101-92)64-32-16-5-17-33-64)71-56-85-87-86(57-71)105(74-40-24-9-25-41-74)84-55-70(95(108)110-60-62-28-12-3-13-29-62)43-48-79(84)96(87)78-47-42-69(94(107)109-59-61-26-10-2-11-27-61)54-83(78)104(85)73-38-22-8-23-39-73/h2-58H,59-60H2. The number of carbonyl (C=O) groups excluding carboxylic acids is 2. The molecule has 0 unspecified atom stereocenters. The molecule has 0 N–H and O–H groups in total. The lowest BCUT2D eigenvalue weighted by Crippen LogP contribution is -2.61. The fourth-order valence-corrected chi connectivity index (χ4v) is 15.2. The number of benzene rings is 14. The Morgan fingerprint density at radius 1 is 0.327 bits per heavy atom. The van der Waals surface area contributed by atoms with Crippen LogP contribution in [0.1, 0.15) is 31.8 Å². The number of para-hydroxylation sites is 2. The smallest absolute Gasteiger partial charge is 0.338 e. The van der Waals surface area contributed by atoms with Gasteiger partial charge in [-0.3, -0.25) is 0 Å². The second-order valence-electron chi connectivity index (χ2n) is 27.1. The van der Waals surface area contributed by atoms with E-state index in [4.69, 9.17) is 45.9 Å². The minimum absolute atomic E-state index is 0.0996. The number of aromatic nitrogens is 7. The summed E-state index contributed by atoms with van der Waals surface area (Å²) in [6.07, 6.45) is 0. The SMILES string of the molecule is [C-]#[N+]c1ccc(-n2c3ccc(-c4cc5c6c(c4)N(c4ccccc4)c4cc(C(=O)OCc7ccccc7)ccc4B6c4ccc(C(=O)OCc6ccccc6)cc4N5c4ccccc4)cc3c3cc(-c4nc(-c5ccccc5)nc(-c5ccccc5)n4)ccc32)c(-c2nc(-c3ccccc3)nc(-c3ccccc3)n2)c1. The first-order valence-electron chi connectivity index (χ1n) is 36.2. The van der Waals surface area contributed by atoms with Crippen molar-refractivity contribution in [2.45, 2.75) is 13.2 Å². The third kappa shape index (κ3) is 12.2. The lowest BCUT2D eigenvalue weighted by molar-refractivity contribution is 0.0464. The van der Waals surface area contributed by atoms with Crippen molar-refractivity contribution in [3.8, 4) is 85.1 Å². The molecular weight excluding hydrogens is 1360 g/mol. The van der Waals surface area contributed by atoms with E-state index in [0.29, 0.717) is 57.3 Å². The summed E-state index contributed by atoms with van der Waals surface area (Å²) in [5.74, 6) is 1.97. The van der Waals surface area contributed by atoms with Crippen LogP contribution in [-0.2, 0) is 22.7 Å². The van der Waals surface area contributed by atoms with E-state index in [2.05, 4.69) is 104 Å². The Kier molecular flexibility index (Phi) is 16.8. The van der Waals surface area contributed by atoms with E-state index in [9.17, 15) is 9.59 Å². The zero-order valence-corrected chi connectivity index (χ0v) is 59.0. The summed E-state index contributed by atoms with van der Waals surface area (Å²) < 4.78 is 14.4. The summed E-state index contributed by atoms with van der Waals surface area (Å²) in [5.41, 5.74) is 19.8. The Morgan fingerprint density at radius 3 is 1.12 bits per heavy atom. The average molecular weight is 1420 g/mol. The monoisotopic (exact) mass is 1420 g/mol. The minimum atomic E-state index is -0.459. The van der Waals surface area contributed by atoms with Crippen molar-refractivity contribution in [1.29, 1.82) is 0 Å². The highest BCUT2D eigenvalue weighted by atomic mass is 16.5. The Labute approximate surface area is 634 Å². The van der Waals surface area contributed by atoms with Gasteiger partial charge in [0.15, 0.2) is 40.6 Å². The number of rotatable bonds is 16. The molecule has 2 aliphatic rings. The number of hydrogen-bond donors (Lipinski definition) is 0. The average Bonchev–Trinajstić information content (AvgIpc) is 0.784. The maximum absolute atomic E-state index is 14.6. The summed E-state index contributed by atoms with van der Waals surface area (Å²) in [7, 11) is 0. The zero-order valence-electron chi connectivity index (χ0n) is 59.0. The van der Waals surface area contributed by atoms with Crippen molar-refractivity contribution < 1.29 is 19.1 Å². The second kappa shape index (κ2) is 28.1. The molecule has 5 heterocycles. The Hall–Kier alpha value is -15.0. The molecule has 0 aliphatic carbocycles. The lowest BCUT2D eigenvalue weighted by atomic mass is 9.33. The van der Waals surface area contributed by atoms with Crippen LogP contribution in [0.5, 0.6) is 0 Å². The number of fused-ring (bicyclic) bond motifs is 7. The highest BCUT2D eigenvalue weighted by Crippen LogP contribution is 2.48. The van der Waals surface area contributed by atoms with Crippen LogP contribution in [-0.4, -0.2) is 53.1 Å². The molecule has 0 bridgehead atoms. The van der Waals surface area contributed by atoms with Crippen LogP contribution in [0.4, 0.5) is 39.8 Å². The molecule has 0 saturated carbocycles. The molecule has 3 aromatic heterocycles. The van der Waals surface area contributed by atoms with Crippen LogP contribution in [0, 0.1) is 6.57 Å². The molecule has 14 aromatic carbocycles. The van der Waals surface area contributed by atoms with Crippen molar-refractivity contribution in [1.82, 2.24) is 34.5 Å². The molecule has 110 heavy (non-hydrogen) atoms. The van der Waals surface area contributed by atoms with Gasteiger partial charge in [-0.05, 0) is 142 Å². The van der Waals surface area contributed by atoms with Gasteiger partial charge >= 0.3 is 11.9 Å². The van der Waals surface area contributed by atoms with Gasteiger partial charge in [0, 0.05) is 78.3 Å². The predicted octanol–water partition coefficient (Wildman–Crippen LogP) is 20.2. The van der Waals surface area contributed by atoms with Crippen molar-refractivity contribution in [2.24, 2.45) is 0 Å². The number of nitrogens with zero attached hydrogens (tertiary/aromatic N) is 10. The Balaban J connectivity index is 0.858. The van der Waals surface area contributed by atoms with Gasteiger partial charge < -0.3 is 23.8 Å². The molecule has 15 heteroatoms. The van der Waals surface area contributed by atoms with Crippen LogP contribution < -0.4 is 26.2 Å². The van der Waals surface area contributed by atoms with E-state index in [1.54, 1.807) is 0 Å². The summed E-state index contributed by atoms with van der Waals surface area (Å²) in [4.78, 5) is 68.9. The lowest BCUT2D eigenvalue weighted by Gasteiger charge is -2.44. The van der Waals surface area contributed by atoms with Crippen LogP contribution in [0.25, 0.3) is 112 Å². The number of anilines is 6. The summed E-state index contributed by atoms with van der Waals surface area (Å²) in [6.45, 7) is 8.24. The predicted molar refractivity (Wildman–Crippen MR) is 437 cm³/mol. The van der Waals surface area contributed by atoms with E-state index in [1.807, 2.05) is 261 Å². The maximum atomic E-state index is 14.6. The van der Waals surface area contributed by atoms with Crippen molar-refractivity contribution in [3.63, 3.8) is 0 Å². The quantitative estimate of drug-likeness (QED) is 0.0515. The first-order valence-corrected chi connectivity index (χ1v) is 36.2. The van der Waals surface area contributed by atoms with Gasteiger partial charge in [-0.1, -0.05) is 243 Å². The third-order valence-corrected chi connectivity index (χ3v) is 20.3. The van der Waals surface area contributed by atoms with Crippen LogP contribution in [0.15, 0.2) is 346 Å². The summed E-state index contributed by atoms with van der Waals surface area (Å²) in [5, 5.41) is 1.77. The molecule has 19 rings (SSSR count). The topological polar surface area (TPSA) is 146 Å². The Morgan fingerprint density at radius 2 is 0.700 bits per heavy atom. The summed E-state index contributed by atoms with van der Waals surface area (Å²) in [6, 6.07) is 115. The van der Waals surface area contributed by atoms with Crippen LogP contribution >= 0.6 is 0 Å².